The van der Waals surface area contributed by atoms with E-state index in [1.54, 1.807) is 0 Å². The SMILES string of the molecule is C=C1C(=O)C[C@H](O)C/C1=C/C=C1\CCC[C@]2(C)[C@@H]([C@H](C)CCC(C)C(C)(C)O)CC[C@@H]12. The van der Waals surface area contributed by atoms with Crippen LogP contribution in [0.4, 0.5) is 0 Å². The third-order valence-corrected chi connectivity index (χ3v) is 9.09. The molecule has 1 unspecified atom stereocenters. The van der Waals surface area contributed by atoms with Gasteiger partial charge >= 0.3 is 0 Å². The van der Waals surface area contributed by atoms with Crippen LogP contribution in [0.2, 0.25) is 0 Å². The Balaban J connectivity index is 1.72. The maximum absolute atomic E-state index is 12.1. The highest BCUT2D eigenvalue weighted by Gasteiger charge is 2.50. The minimum Gasteiger partial charge on any atom is -0.392 e. The lowest BCUT2D eigenvalue weighted by atomic mass is 9.60. The maximum Gasteiger partial charge on any atom is 0.165 e. The lowest BCUT2D eigenvalue weighted by Gasteiger charge is -2.44. The molecule has 0 aliphatic heterocycles. The molecule has 0 aromatic carbocycles. The molecule has 0 spiro atoms. The zero-order valence-corrected chi connectivity index (χ0v) is 20.4. The molecule has 3 nitrogen and oxygen atoms in total. The van der Waals surface area contributed by atoms with E-state index in [0.717, 1.165) is 24.3 Å². The third-order valence-electron chi connectivity index (χ3n) is 9.09. The van der Waals surface area contributed by atoms with Gasteiger partial charge in [-0.1, -0.05) is 51.5 Å². The number of hydrogen-bond donors (Lipinski definition) is 2. The van der Waals surface area contributed by atoms with E-state index < -0.39 is 11.7 Å². The van der Waals surface area contributed by atoms with Gasteiger partial charge in [-0.15, -0.1) is 0 Å². The Morgan fingerprint density at radius 1 is 1.19 bits per heavy atom. The molecule has 0 aromatic rings. The number of hydrogen-bond acceptors (Lipinski definition) is 3. The molecular weight excluding hydrogens is 384 g/mol. The highest BCUT2D eigenvalue weighted by molar-refractivity contribution is 6.00. The van der Waals surface area contributed by atoms with Gasteiger partial charge in [-0.3, -0.25) is 4.79 Å². The number of Topliss-reactive ketones (excluding diaryl/α,β-unsaturated/α-hetero) is 1. The number of rotatable bonds is 6. The first-order valence-electron chi connectivity index (χ1n) is 12.5. The molecule has 174 valence electrons. The van der Waals surface area contributed by atoms with Crippen LogP contribution in [-0.4, -0.2) is 27.7 Å². The molecule has 3 fully saturated rings. The predicted molar refractivity (Wildman–Crippen MR) is 128 cm³/mol. The van der Waals surface area contributed by atoms with Crippen LogP contribution >= 0.6 is 0 Å². The van der Waals surface area contributed by atoms with Gasteiger partial charge in [0, 0.05) is 12.0 Å². The zero-order chi connectivity index (χ0) is 23.0. The molecule has 0 radical (unpaired) electrons. The minimum absolute atomic E-state index is 0.0214. The largest absolute Gasteiger partial charge is 0.392 e. The van der Waals surface area contributed by atoms with Crippen molar-refractivity contribution >= 4 is 5.78 Å². The van der Waals surface area contributed by atoms with E-state index in [9.17, 15) is 15.0 Å². The number of fused-ring (bicyclic) bond motifs is 1. The molecule has 0 saturated heterocycles. The van der Waals surface area contributed by atoms with Crippen molar-refractivity contribution < 1.29 is 15.0 Å². The van der Waals surface area contributed by atoms with Crippen molar-refractivity contribution in [1.29, 1.82) is 0 Å². The molecule has 3 heteroatoms. The van der Waals surface area contributed by atoms with E-state index in [1.807, 2.05) is 13.8 Å². The lowest BCUT2D eigenvalue weighted by molar-refractivity contribution is -0.117. The highest BCUT2D eigenvalue weighted by Crippen LogP contribution is 2.60. The number of aliphatic hydroxyl groups is 2. The summed E-state index contributed by atoms with van der Waals surface area (Å²) in [4.78, 5) is 12.1. The van der Waals surface area contributed by atoms with Crippen LogP contribution in [0.15, 0.2) is 35.5 Å². The second-order valence-electron chi connectivity index (χ2n) is 11.6. The Bertz CT molecular complexity index is 753. The van der Waals surface area contributed by atoms with Crippen LogP contribution in [0, 0.1) is 29.1 Å². The summed E-state index contributed by atoms with van der Waals surface area (Å²) in [6.07, 6.45) is 13.0. The minimum atomic E-state index is -0.603. The Kier molecular flexibility index (Phi) is 7.38. The molecule has 6 atom stereocenters. The fraction of sp³-hybridized carbons (Fsp3) is 0.750. The van der Waals surface area contributed by atoms with Gasteiger partial charge in [0.25, 0.3) is 0 Å². The van der Waals surface area contributed by atoms with Crippen LogP contribution in [-0.2, 0) is 4.79 Å². The fourth-order valence-electron chi connectivity index (χ4n) is 6.62. The Hall–Kier alpha value is -1.19. The second kappa shape index (κ2) is 9.35. The quantitative estimate of drug-likeness (QED) is 0.498. The van der Waals surface area contributed by atoms with Crippen LogP contribution < -0.4 is 0 Å². The molecule has 3 aliphatic rings. The standard InChI is InChI=1S/C28H44O3/c1-18(9-10-19(2)27(4,5)31)24-13-14-25-21(8-7-15-28(24,25)6)11-12-22-16-23(29)17-26(30)20(22)3/h11-12,18-19,23-25,29,31H,3,7-10,13-17H2,1-2,4-6H3/b21-11+,22-12-/t18-,19?,23-,24-,25+,28-/m1/s1. The molecule has 31 heavy (non-hydrogen) atoms. The number of aliphatic hydroxyl groups excluding tert-OH is 1. The molecule has 3 aliphatic carbocycles. The first kappa shape index (κ1) is 24.5. The smallest absolute Gasteiger partial charge is 0.165 e. The van der Waals surface area contributed by atoms with E-state index in [-0.39, 0.29) is 12.2 Å². The lowest BCUT2D eigenvalue weighted by Crippen LogP contribution is -2.36. The predicted octanol–water partition coefficient (Wildman–Crippen LogP) is 6.16. The second-order valence-corrected chi connectivity index (χ2v) is 11.6. The summed E-state index contributed by atoms with van der Waals surface area (Å²) in [6.45, 7) is 14.9. The van der Waals surface area contributed by atoms with Gasteiger partial charge in [-0.05, 0) is 93.5 Å². The monoisotopic (exact) mass is 428 g/mol. The van der Waals surface area contributed by atoms with Crippen LogP contribution in [0.25, 0.3) is 0 Å². The van der Waals surface area contributed by atoms with Gasteiger partial charge in [-0.2, -0.15) is 0 Å². The van der Waals surface area contributed by atoms with Gasteiger partial charge < -0.3 is 10.2 Å². The van der Waals surface area contributed by atoms with E-state index in [1.165, 1.54) is 37.7 Å². The van der Waals surface area contributed by atoms with Crippen molar-refractivity contribution in [2.45, 2.75) is 104 Å². The number of ketones is 1. The summed E-state index contributed by atoms with van der Waals surface area (Å²) in [5, 5.41) is 20.3. The molecule has 0 bridgehead atoms. The van der Waals surface area contributed by atoms with E-state index in [2.05, 4.69) is 39.5 Å². The highest BCUT2D eigenvalue weighted by atomic mass is 16.3. The normalized spacial score (nSPS) is 36.7. The first-order chi connectivity index (χ1) is 14.4. The molecule has 0 heterocycles. The molecule has 3 rings (SSSR count). The maximum atomic E-state index is 12.1. The number of allylic oxidation sites excluding steroid dienone is 4. The fourth-order valence-corrected chi connectivity index (χ4v) is 6.62. The van der Waals surface area contributed by atoms with Crippen LogP contribution in [0.1, 0.15) is 92.4 Å². The van der Waals surface area contributed by atoms with Crippen molar-refractivity contribution in [2.75, 3.05) is 0 Å². The van der Waals surface area contributed by atoms with Crippen molar-refractivity contribution in [2.24, 2.45) is 29.1 Å². The van der Waals surface area contributed by atoms with Crippen LogP contribution in [0.5, 0.6) is 0 Å². The summed E-state index contributed by atoms with van der Waals surface area (Å²) in [7, 11) is 0. The van der Waals surface area contributed by atoms with E-state index in [0.29, 0.717) is 35.2 Å². The van der Waals surface area contributed by atoms with Crippen LogP contribution in [0.3, 0.4) is 0 Å². The summed E-state index contributed by atoms with van der Waals surface area (Å²) in [5.74, 6) is 2.32. The van der Waals surface area contributed by atoms with Crippen molar-refractivity contribution in [3.05, 3.63) is 35.5 Å². The first-order valence-corrected chi connectivity index (χ1v) is 12.5. The van der Waals surface area contributed by atoms with Gasteiger partial charge in [0.1, 0.15) is 0 Å². The summed E-state index contributed by atoms with van der Waals surface area (Å²) < 4.78 is 0. The molecular formula is C28H44O3. The summed E-state index contributed by atoms with van der Waals surface area (Å²) >= 11 is 0. The van der Waals surface area contributed by atoms with Crippen molar-refractivity contribution in [3.63, 3.8) is 0 Å². The average Bonchev–Trinajstić information content (AvgIpc) is 3.04. The Labute approximate surface area is 189 Å². The Morgan fingerprint density at radius 3 is 2.58 bits per heavy atom. The van der Waals surface area contributed by atoms with E-state index >= 15 is 0 Å². The van der Waals surface area contributed by atoms with Crippen molar-refractivity contribution in [1.82, 2.24) is 0 Å². The molecule has 0 aromatic heterocycles. The third kappa shape index (κ3) is 5.25. The van der Waals surface area contributed by atoms with Gasteiger partial charge in [0.05, 0.1) is 11.7 Å². The summed E-state index contributed by atoms with van der Waals surface area (Å²) in [6, 6.07) is 0. The molecule has 0 amide bonds. The van der Waals surface area contributed by atoms with Crippen molar-refractivity contribution in [3.8, 4) is 0 Å². The molecule has 2 N–H and O–H groups in total. The van der Waals surface area contributed by atoms with Gasteiger partial charge in [-0.25, -0.2) is 0 Å². The average molecular weight is 429 g/mol. The number of carbonyl (C=O) groups excluding carboxylic acids is 1. The van der Waals surface area contributed by atoms with E-state index in [4.69, 9.17) is 0 Å². The topological polar surface area (TPSA) is 57.5 Å². The van der Waals surface area contributed by atoms with Gasteiger partial charge in [0.15, 0.2) is 5.78 Å². The number of carbonyl (C=O) groups is 1. The summed E-state index contributed by atoms with van der Waals surface area (Å²) in [5.41, 5.74) is 2.76. The Morgan fingerprint density at radius 2 is 1.90 bits per heavy atom. The zero-order valence-electron chi connectivity index (χ0n) is 20.4. The molecule has 3 saturated carbocycles. The van der Waals surface area contributed by atoms with Gasteiger partial charge in [0.2, 0.25) is 0 Å².